The molecule has 1 atom stereocenters. The van der Waals surface area contributed by atoms with E-state index in [-0.39, 0.29) is 5.38 Å². The van der Waals surface area contributed by atoms with Gasteiger partial charge in [-0.3, -0.25) is 0 Å². The van der Waals surface area contributed by atoms with Gasteiger partial charge in [0.25, 0.3) is 0 Å². The lowest BCUT2D eigenvalue weighted by molar-refractivity contribution is 1.19. The smallest absolute Gasteiger partial charge is 0.0944 e. The van der Waals surface area contributed by atoms with Crippen LogP contribution in [0.4, 0.5) is 0 Å². The van der Waals surface area contributed by atoms with E-state index in [4.69, 9.17) is 11.6 Å². The van der Waals surface area contributed by atoms with Crippen LogP contribution in [0.1, 0.15) is 21.4 Å². The zero-order valence-electron chi connectivity index (χ0n) is 9.31. The predicted octanol–water partition coefficient (Wildman–Crippen LogP) is 5.60. The molecule has 3 heteroatoms. The van der Waals surface area contributed by atoms with Gasteiger partial charge in [0.2, 0.25) is 0 Å². The van der Waals surface area contributed by atoms with Crippen molar-refractivity contribution < 1.29 is 0 Å². The first-order chi connectivity index (χ1) is 8.27. The summed E-state index contributed by atoms with van der Waals surface area (Å²) in [4.78, 5) is 1.26. The van der Waals surface area contributed by atoms with Gasteiger partial charge in [-0.15, -0.1) is 34.3 Å². The molecule has 0 saturated carbocycles. The zero-order valence-corrected chi connectivity index (χ0v) is 11.7. The highest BCUT2D eigenvalue weighted by Gasteiger charge is 2.17. The molecule has 0 saturated heterocycles. The number of alkyl halides is 1. The molecule has 3 aromatic rings. The Balaban J connectivity index is 2.13. The minimum Gasteiger partial charge on any atom is -0.147 e. The topological polar surface area (TPSA) is 0 Å². The van der Waals surface area contributed by atoms with E-state index in [0.717, 1.165) is 0 Å². The Bertz CT molecular complexity index is 651. The maximum absolute atomic E-state index is 6.62. The maximum atomic E-state index is 6.62. The Kier molecular flexibility index (Phi) is 2.95. The van der Waals surface area contributed by atoms with E-state index in [1.54, 1.807) is 22.7 Å². The van der Waals surface area contributed by atoms with Crippen molar-refractivity contribution in [3.8, 4) is 0 Å². The lowest BCUT2D eigenvalue weighted by Crippen LogP contribution is -1.90. The van der Waals surface area contributed by atoms with Crippen molar-refractivity contribution in [1.82, 2.24) is 0 Å². The molecule has 0 aliphatic carbocycles. The molecule has 0 aliphatic heterocycles. The molecule has 0 fully saturated rings. The molecular formula is C14H11ClS2. The van der Waals surface area contributed by atoms with Gasteiger partial charge in [-0.1, -0.05) is 18.2 Å². The standard InChI is InChI=1S/C14H11ClS2/c1-9-6-7-16-14(9)13(15)11-8-17-12-5-3-2-4-10(11)12/h2-8,13H,1H3. The van der Waals surface area contributed by atoms with E-state index in [1.807, 2.05) is 0 Å². The number of benzene rings is 1. The Hall–Kier alpha value is -0.830. The summed E-state index contributed by atoms with van der Waals surface area (Å²) in [6.07, 6.45) is 0. The third-order valence-electron chi connectivity index (χ3n) is 2.92. The highest BCUT2D eigenvalue weighted by Crippen LogP contribution is 2.40. The van der Waals surface area contributed by atoms with Crippen LogP contribution in [0.3, 0.4) is 0 Å². The normalized spacial score (nSPS) is 13.1. The van der Waals surface area contributed by atoms with E-state index >= 15 is 0 Å². The minimum absolute atomic E-state index is 0.0221. The Morgan fingerprint density at radius 3 is 2.71 bits per heavy atom. The summed E-state index contributed by atoms with van der Waals surface area (Å²) in [5.74, 6) is 0. The van der Waals surface area contributed by atoms with Crippen LogP contribution in [0.25, 0.3) is 10.1 Å². The Morgan fingerprint density at radius 2 is 1.94 bits per heavy atom. The van der Waals surface area contributed by atoms with Gasteiger partial charge in [-0.2, -0.15) is 0 Å². The second-order valence-electron chi connectivity index (χ2n) is 4.02. The van der Waals surface area contributed by atoms with E-state index in [0.29, 0.717) is 0 Å². The third-order valence-corrected chi connectivity index (χ3v) is 5.56. The van der Waals surface area contributed by atoms with Crippen molar-refractivity contribution in [1.29, 1.82) is 0 Å². The largest absolute Gasteiger partial charge is 0.147 e. The number of thiophene rings is 2. The van der Waals surface area contributed by atoms with E-state index in [1.165, 1.54) is 26.1 Å². The number of aryl methyl sites for hydroxylation is 1. The number of halogens is 1. The van der Waals surface area contributed by atoms with E-state index in [9.17, 15) is 0 Å². The molecule has 0 bridgehead atoms. The molecule has 1 unspecified atom stereocenters. The fourth-order valence-corrected chi connectivity index (χ4v) is 4.47. The first-order valence-electron chi connectivity index (χ1n) is 5.41. The molecule has 0 radical (unpaired) electrons. The fourth-order valence-electron chi connectivity index (χ4n) is 1.98. The average Bonchev–Trinajstić information content (AvgIpc) is 2.94. The molecule has 1 aromatic carbocycles. The molecule has 86 valence electrons. The van der Waals surface area contributed by atoms with E-state index < -0.39 is 0 Å². The average molecular weight is 279 g/mol. The summed E-state index contributed by atoms with van der Waals surface area (Å²) in [5.41, 5.74) is 2.52. The van der Waals surface area contributed by atoms with Crippen LogP contribution in [0.15, 0.2) is 41.1 Å². The monoisotopic (exact) mass is 278 g/mol. The van der Waals surface area contributed by atoms with Gasteiger partial charge in [0, 0.05) is 9.58 Å². The van der Waals surface area contributed by atoms with Crippen LogP contribution >= 0.6 is 34.3 Å². The maximum Gasteiger partial charge on any atom is 0.0944 e. The van der Waals surface area contributed by atoms with Crippen LogP contribution in [-0.2, 0) is 0 Å². The van der Waals surface area contributed by atoms with Crippen molar-refractivity contribution in [2.45, 2.75) is 12.3 Å². The van der Waals surface area contributed by atoms with Gasteiger partial charge in [-0.05, 0) is 46.3 Å². The quantitative estimate of drug-likeness (QED) is 0.535. The van der Waals surface area contributed by atoms with Gasteiger partial charge >= 0.3 is 0 Å². The summed E-state index contributed by atoms with van der Waals surface area (Å²) in [6, 6.07) is 10.6. The second kappa shape index (κ2) is 4.45. The summed E-state index contributed by atoms with van der Waals surface area (Å²) in [7, 11) is 0. The number of hydrogen-bond acceptors (Lipinski definition) is 2. The number of rotatable bonds is 2. The highest BCUT2D eigenvalue weighted by molar-refractivity contribution is 7.17. The van der Waals surface area contributed by atoms with E-state index in [2.05, 4.69) is 48.0 Å². The third kappa shape index (κ3) is 1.90. The first-order valence-corrected chi connectivity index (χ1v) is 7.61. The molecule has 0 N–H and O–H groups in total. The van der Waals surface area contributed by atoms with Crippen LogP contribution in [0.5, 0.6) is 0 Å². The first kappa shape index (κ1) is 11.3. The predicted molar refractivity (Wildman–Crippen MR) is 78.6 cm³/mol. The fraction of sp³-hybridized carbons (Fsp3) is 0.143. The van der Waals surface area contributed by atoms with Crippen LogP contribution in [-0.4, -0.2) is 0 Å². The molecule has 17 heavy (non-hydrogen) atoms. The SMILES string of the molecule is Cc1ccsc1C(Cl)c1csc2ccccc12. The summed E-state index contributed by atoms with van der Waals surface area (Å²) in [6.45, 7) is 2.12. The molecule has 2 aromatic heterocycles. The zero-order chi connectivity index (χ0) is 11.8. The number of hydrogen-bond donors (Lipinski definition) is 0. The van der Waals surface area contributed by atoms with Crippen molar-refractivity contribution in [2.75, 3.05) is 0 Å². The van der Waals surface area contributed by atoms with Crippen LogP contribution in [0, 0.1) is 6.92 Å². The van der Waals surface area contributed by atoms with Crippen molar-refractivity contribution in [2.24, 2.45) is 0 Å². The van der Waals surface area contributed by atoms with Crippen molar-refractivity contribution in [3.05, 3.63) is 57.1 Å². The second-order valence-corrected chi connectivity index (χ2v) is 6.31. The molecule has 0 spiro atoms. The van der Waals surface area contributed by atoms with Gasteiger partial charge in [0.15, 0.2) is 0 Å². The molecule has 2 heterocycles. The number of fused-ring (bicyclic) bond motifs is 1. The molecular weight excluding hydrogens is 268 g/mol. The lowest BCUT2D eigenvalue weighted by atomic mass is 10.1. The summed E-state index contributed by atoms with van der Waals surface area (Å²) in [5, 5.41) is 5.55. The van der Waals surface area contributed by atoms with Gasteiger partial charge < -0.3 is 0 Å². The van der Waals surface area contributed by atoms with Crippen LogP contribution < -0.4 is 0 Å². The molecule has 0 aliphatic rings. The van der Waals surface area contributed by atoms with Crippen LogP contribution in [0.2, 0.25) is 0 Å². The van der Waals surface area contributed by atoms with Crippen molar-refractivity contribution in [3.63, 3.8) is 0 Å². The minimum atomic E-state index is -0.0221. The summed E-state index contributed by atoms with van der Waals surface area (Å²) >= 11 is 10.1. The van der Waals surface area contributed by atoms with Gasteiger partial charge in [-0.25, -0.2) is 0 Å². The van der Waals surface area contributed by atoms with Gasteiger partial charge in [0.05, 0.1) is 5.38 Å². The van der Waals surface area contributed by atoms with Gasteiger partial charge in [0.1, 0.15) is 0 Å². The molecule has 0 nitrogen and oxygen atoms in total. The highest BCUT2D eigenvalue weighted by atomic mass is 35.5. The summed E-state index contributed by atoms with van der Waals surface area (Å²) < 4.78 is 1.31. The Labute approximate surface area is 113 Å². The Morgan fingerprint density at radius 1 is 1.12 bits per heavy atom. The lowest BCUT2D eigenvalue weighted by Gasteiger charge is -2.08. The van der Waals surface area contributed by atoms with Crippen molar-refractivity contribution >= 4 is 44.4 Å². The molecule has 0 amide bonds. The molecule has 3 rings (SSSR count).